The molecule has 0 aliphatic heterocycles. The highest BCUT2D eigenvalue weighted by atomic mass is 35.5. The van der Waals surface area contributed by atoms with E-state index in [4.69, 9.17) is 27.2 Å². The van der Waals surface area contributed by atoms with Crippen LogP contribution in [0.15, 0.2) is 36.8 Å². The minimum absolute atomic E-state index is 0.0102. The third-order valence-electron chi connectivity index (χ3n) is 3.59. The third kappa shape index (κ3) is 4.17. The second-order valence-corrected chi connectivity index (χ2v) is 6.21. The van der Waals surface area contributed by atoms with Crippen molar-refractivity contribution in [2.75, 3.05) is 13.7 Å². The predicted molar refractivity (Wildman–Crippen MR) is 99.2 cm³/mol. The summed E-state index contributed by atoms with van der Waals surface area (Å²) in [5.41, 5.74) is 1.03. The molecule has 3 aromatic rings. The number of ether oxygens (including phenoxy) is 3. The lowest BCUT2D eigenvalue weighted by atomic mass is 10.3. The Hall–Kier alpha value is -2.71. The molecule has 3 rings (SSSR count). The van der Waals surface area contributed by atoms with Gasteiger partial charge in [0.1, 0.15) is 11.7 Å². The van der Waals surface area contributed by atoms with Crippen molar-refractivity contribution in [2.24, 2.45) is 0 Å². The highest BCUT2D eigenvalue weighted by molar-refractivity contribution is 6.32. The minimum atomic E-state index is -2.13. The van der Waals surface area contributed by atoms with E-state index in [1.54, 1.807) is 32.0 Å². The van der Waals surface area contributed by atoms with Crippen molar-refractivity contribution in [1.82, 2.24) is 19.7 Å². The van der Waals surface area contributed by atoms with Crippen LogP contribution in [0.5, 0.6) is 5.88 Å². The maximum atomic E-state index is 12.2. The number of benzene rings is 1. The largest absolute Gasteiger partial charge is 0.466 e. The summed E-state index contributed by atoms with van der Waals surface area (Å²) in [6, 6.07) is 7.15. The number of halogens is 1. The molecular weight excluding hydrogens is 372 g/mol. The Morgan fingerprint density at radius 1 is 1.33 bits per heavy atom. The molecule has 0 aliphatic rings. The summed E-state index contributed by atoms with van der Waals surface area (Å²) in [7, 11) is 1.18. The van der Waals surface area contributed by atoms with E-state index < -0.39 is 12.0 Å². The number of aromatic nitrogens is 4. The van der Waals surface area contributed by atoms with Crippen molar-refractivity contribution in [2.45, 2.75) is 26.0 Å². The predicted octanol–water partition coefficient (Wildman–Crippen LogP) is 2.81. The van der Waals surface area contributed by atoms with Gasteiger partial charge < -0.3 is 14.2 Å². The molecule has 2 heterocycles. The monoisotopic (exact) mass is 391 g/mol. The van der Waals surface area contributed by atoms with E-state index in [0.717, 1.165) is 0 Å². The van der Waals surface area contributed by atoms with E-state index in [-0.39, 0.29) is 18.6 Å². The Kier molecular flexibility index (Phi) is 5.45. The zero-order valence-electron chi connectivity index (χ0n) is 16.0. The average molecular weight is 392 g/mol. The molecule has 0 amide bonds. The van der Waals surface area contributed by atoms with Crippen molar-refractivity contribution in [3.05, 3.63) is 41.8 Å². The second kappa shape index (κ2) is 8.32. The van der Waals surface area contributed by atoms with Crippen LogP contribution < -0.4 is 4.74 Å². The molecular formula is C18H19ClN4O4. The summed E-state index contributed by atoms with van der Waals surface area (Å²) in [6.45, 7) is 3.24. The van der Waals surface area contributed by atoms with E-state index in [2.05, 4.69) is 15.1 Å². The number of hydrogen-bond acceptors (Lipinski definition) is 7. The van der Waals surface area contributed by atoms with Crippen LogP contribution in [0.4, 0.5) is 0 Å². The molecule has 0 radical (unpaired) electrons. The molecule has 8 nitrogen and oxygen atoms in total. The number of para-hydroxylation sites is 1. The van der Waals surface area contributed by atoms with E-state index >= 15 is 0 Å². The molecule has 0 fully saturated rings. The normalized spacial score (nSPS) is 14.0. The first kappa shape index (κ1) is 17.7. The van der Waals surface area contributed by atoms with Gasteiger partial charge in [0.25, 0.3) is 0 Å². The first-order valence-corrected chi connectivity index (χ1v) is 8.56. The van der Waals surface area contributed by atoms with Crippen LogP contribution in [0.25, 0.3) is 16.7 Å². The number of esters is 1. The minimum Gasteiger partial charge on any atom is -0.466 e. The van der Waals surface area contributed by atoms with Gasteiger partial charge in [-0.1, -0.05) is 23.7 Å². The van der Waals surface area contributed by atoms with Crippen molar-refractivity contribution in [3.8, 4) is 11.6 Å². The van der Waals surface area contributed by atoms with Gasteiger partial charge in [-0.3, -0.25) is 0 Å². The number of rotatable bonds is 7. The van der Waals surface area contributed by atoms with Crippen LogP contribution >= 0.6 is 11.6 Å². The van der Waals surface area contributed by atoms with Crippen molar-refractivity contribution < 1.29 is 20.4 Å². The molecule has 2 aromatic heterocycles. The van der Waals surface area contributed by atoms with Crippen LogP contribution in [0.2, 0.25) is 5.02 Å². The lowest BCUT2D eigenvalue weighted by Gasteiger charge is -2.18. The summed E-state index contributed by atoms with van der Waals surface area (Å²) in [5.74, 6) is -0.894. The SMILES string of the molecule is [2H][C@](COC(C)C)(Oc1ncnc2c1cnn2-c1ccccc1Cl)C(=O)OC. The number of methoxy groups -OCH3 is 1. The Morgan fingerprint density at radius 2 is 2.11 bits per heavy atom. The fraction of sp³-hybridized carbons (Fsp3) is 0.333. The summed E-state index contributed by atoms with van der Waals surface area (Å²) in [6.07, 6.45) is 0.404. The van der Waals surface area contributed by atoms with Crippen LogP contribution in [0.1, 0.15) is 15.2 Å². The van der Waals surface area contributed by atoms with E-state index in [1.807, 2.05) is 6.07 Å². The molecule has 0 aliphatic carbocycles. The highest BCUT2D eigenvalue weighted by Crippen LogP contribution is 2.27. The number of nitrogens with zero attached hydrogens (tertiary/aromatic N) is 4. The molecule has 1 aromatic carbocycles. The Labute approximate surface area is 162 Å². The Bertz CT molecular complexity index is 997. The van der Waals surface area contributed by atoms with Gasteiger partial charge in [0.2, 0.25) is 12.0 Å². The summed E-state index contributed by atoms with van der Waals surface area (Å²) < 4.78 is 25.7. The van der Waals surface area contributed by atoms with Crippen LogP contribution in [-0.2, 0) is 14.3 Å². The van der Waals surface area contributed by atoms with Gasteiger partial charge in [-0.05, 0) is 26.0 Å². The van der Waals surface area contributed by atoms with Crippen LogP contribution in [0.3, 0.4) is 0 Å². The van der Waals surface area contributed by atoms with Crippen molar-refractivity contribution >= 4 is 28.6 Å². The van der Waals surface area contributed by atoms with E-state index in [1.165, 1.54) is 24.3 Å². The number of fused-ring (bicyclic) bond motifs is 1. The molecule has 0 saturated carbocycles. The fourth-order valence-electron chi connectivity index (χ4n) is 2.31. The number of hydrogen-bond donors (Lipinski definition) is 0. The molecule has 0 saturated heterocycles. The lowest BCUT2D eigenvalue weighted by molar-refractivity contribution is -0.152. The highest BCUT2D eigenvalue weighted by Gasteiger charge is 2.25. The van der Waals surface area contributed by atoms with Crippen molar-refractivity contribution in [1.29, 1.82) is 0 Å². The second-order valence-electron chi connectivity index (χ2n) is 5.80. The number of carbonyl (C=O) groups excluding carboxylic acids is 1. The van der Waals surface area contributed by atoms with Gasteiger partial charge in [-0.25, -0.2) is 19.4 Å². The zero-order valence-corrected chi connectivity index (χ0v) is 15.8. The van der Waals surface area contributed by atoms with E-state index in [9.17, 15) is 4.79 Å². The maximum absolute atomic E-state index is 12.2. The topological polar surface area (TPSA) is 88.4 Å². The first-order valence-electron chi connectivity index (χ1n) is 8.68. The average Bonchev–Trinajstić information content (AvgIpc) is 3.11. The smallest absolute Gasteiger partial charge is 0.349 e. The fourth-order valence-corrected chi connectivity index (χ4v) is 2.52. The first-order chi connectivity index (χ1) is 13.4. The van der Waals surface area contributed by atoms with Crippen molar-refractivity contribution in [3.63, 3.8) is 0 Å². The molecule has 9 heteroatoms. The van der Waals surface area contributed by atoms with Gasteiger partial charge in [-0.15, -0.1) is 0 Å². The lowest BCUT2D eigenvalue weighted by Crippen LogP contribution is -2.34. The maximum Gasteiger partial charge on any atom is 0.349 e. The standard InChI is InChI=1S/C18H19ClN4O4/c1-11(2)26-9-15(18(24)25-3)27-17-12-8-22-23(16(12)20-10-21-17)14-7-5-4-6-13(14)19/h4-8,10-11,15H,9H2,1-3H3/t15-/m1/s1/i15D. The van der Waals surface area contributed by atoms with Gasteiger partial charge >= 0.3 is 5.97 Å². The zero-order chi connectivity index (χ0) is 20.3. The van der Waals surface area contributed by atoms with E-state index in [0.29, 0.717) is 21.7 Å². The Morgan fingerprint density at radius 3 is 2.81 bits per heavy atom. The Balaban J connectivity index is 2.01. The molecule has 0 unspecified atom stereocenters. The molecule has 27 heavy (non-hydrogen) atoms. The van der Waals surface area contributed by atoms with Gasteiger partial charge in [-0.2, -0.15) is 5.10 Å². The number of carbonyl (C=O) groups is 1. The summed E-state index contributed by atoms with van der Waals surface area (Å²) in [4.78, 5) is 20.5. The van der Waals surface area contributed by atoms with Gasteiger partial charge in [0.15, 0.2) is 5.65 Å². The summed E-state index contributed by atoms with van der Waals surface area (Å²) in [5, 5.41) is 5.20. The molecule has 0 N–H and O–H groups in total. The van der Waals surface area contributed by atoms with Gasteiger partial charge in [0.05, 0.1) is 38.1 Å². The van der Waals surface area contributed by atoms with Crippen LogP contribution in [-0.4, -0.2) is 51.6 Å². The molecule has 0 spiro atoms. The van der Waals surface area contributed by atoms with Crippen LogP contribution in [0, 0.1) is 0 Å². The molecule has 1 atom stereocenters. The summed E-state index contributed by atoms with van der Waals surface area (Å²) >= 11 is 6.25. The van der Waals surface area contributed by atoms with Gasteiger partial charge in [0, 0.05) is 0 Å². The third-order valence-corrected chi connectivity index (χ3v) is 3.91. The molecule has 0 bridgehead atoms. The molecule has 142 valence electrons. The quantitative estimate of drug-likeness (QED) is 0.572.